The van der Waals surface area contributed by atoms with Crippen molar-refractivity contribution in [2.45, 2.75) is 51.6 Å². The molecule has 0 aliphatic heterocycles. The normalized spacial score (nSPS) is 17.1. The van der Waals surface area contributed by atoms with E-state index in [9.17, 15) is 5.11 Å². The van der Waals surface area contributed by atoms with Gasteiger partial charge in [0.05, 0.1) is 6.61 Å². The molecule has 0 aromatic heterocycles. The maximum atomic E-state index is 9.34. The number of benzene rings is 1. The van der Waals surface area contributed by atoms with Crippen LogP contribution in [-0.2, 0) is 6.54 Å². The second kappa shape index (κ2) is 6.35. The highest BCUT2D eigenvalue weighted by molar-refractivity contribution is 5.29. The van der Waals surface area contributed by atoms with Crippen LogP contribution in [0.2, 0.25) is 0 Å². The number of aliphatic hydroxyl groups is 1. The lowest BCUT2D eigenvalue weighted by Gasteiger charge is -2.18. The summed E-state index contributed by atoms with van der Waals surface area (Å²) in [5.41, 5.74) is 2.82. The summed E-state index contributed by atoms with van der Waals surface area (Å²) in [5.74, 6) is 1.43. The van der Waals surface area contributed by atoms with Crippen molar-refractivity contribution in [1.82, 2.24) is 5.32 Å². The summed E-state index contributed by atoms with van der Waals surface area (Å²) < 4.78 is 0. The zero-order chi connectivity index (χ0) is 13.0. The van der Waals surface area contributed by atoms with Crippen LogP contribution in [0.1, 0.15) is 50.2 Å². The molecule has 1 saturated carbocycles. The van der Waals surface area contributed by atoms with Gasteiger partial charge in [0.25, 0.3) is 0 Å². The van der Waals surface area contributed by atoms with Crippen LogP contribution in [0.5, 0.6) is 0 Å². The quantitative estimate of drug-likeness (QED) is 0.776. The summed E-state index contributed by atoms with van der Waals surface area (Å²) >= 11 is 0. The van der Waals surface area contributed by atoms with Gasteiger partial charge in [-0.05, 0) is 42.2 Å². The number of hydrogen-bond acceptors (Lipinski definition) is 2. The first-order valence-corrected chi connectivity index (χ1v) is 7.12. The number of nitrogens with one attached hydrogen (secondary N) is 1. The highest BCUT2D eigenvalue weighted by Gasteiger charge is 2.23. The molecule has 1 aliphatic carbocycles. The Kier molecular flexibility index (Phi) is 4.79. The minimum Gasteiger partial charge on any atom is -0.395 e. The van der Waals surface area contributed by atoms with E-state index in [1.807, 2.05) is 0 Å². The predicted molar refractivity (Wildman–Crippen MR) is 75.6 cm³/mol. The van der Waals surface area contributed by atoms with Crippen molar-refractivity contribution < 1.29 is 5.11 Å². The predicted octanol–water partition coefficient (Wildman–Crippen LogP) is 3.06. The fourth-order valence-corrected chi connectivity index (χ4v) is 2.43. The molecule has 0 amide bonds. The zero-order valence-electron chi connectivity index (χ0n) is 11.5. The molecule has 0 heterocycles. The molecule has 2 rings (SSSR count). The van der Waals surface area contributed by atoms with Gasteiger partial charge in [0.1, 0.15) is 0 Å². The van der Waals surface area contributed by atoms with Gasteiger partial charge in [0.2, 0.25) is 0 Å². The van der Waals surface area contributed by atoms with E-state index in [1.165, 1.54) is 24.0 Å². The molecule has 0 spiro atoms. The molecule has 1 aromatic rings. The first-order chi connectivity index (χ1) is 8.69. The lowest BCUT2D eigenvalue weighted by molar-refractivity contribution is 0.223. The molecule has 100 valence electrons. The summed E-state index contributed by atoms with van der Waals surface area (Å²) in [6.07, 6.45) is 3.73. The second-order valence-electron chi connectivity index (χ2n) is 5.91. The van der Waals surface area contributed by atoms with E-state index < -0.39 is 0 Å². The van der Waals surface area contributed by atoms with Crippen LogP contribution < -0.4 is 5.32 Å². The molecule has 0 radical (unpaired) electrons. The zero-order valence-corrected chi connectivity index (χ0v) is 11.5. The Morgan fingerprint density at radius 1 is 1.33 bits per heavy atom. The average molecular weight is 247 g/mol. The topological polar surface area (TPSA) is 32.3 Å². The first-order valence-electron chi connectivity index (χ1n) is 7.12. The molecule has 1 atom stereocenters. The van der Waals surface area contributed by atoms with Crippen LogP contribution in [0.3, 0.4) is 0 Å². The van der Waals surface area contributed by atoms with Gasteiger partial charge in [-0.1, -0.05) is 38.1 Å². The Morgan fingerprint density at radius 2 is 2.11 bits per heavy atom. The van der Waals surface area contributed by atoms with E-state index in [2.05, 4.69) is 43.4 Å². The molecule has 1 unspecified atom stereocenters. The molecule has 1 aliphatic rings. The largest absolute Gasteiger partial charge is 0.395 e. The standard InChI is InChI=1S/C16H25NO/c1-12(2)8-16(11-18)17-10-13-4-3-5-15(9-13)14-6-7-14/h3-5,9,12,14,16-18H,6-8,10-11H2,1-2H3. The fourth-order valence-electron chi connectivity index (χ4n) is 2.43. The van der Waals surface area contributed by atoms with Crippen molar-refractivity contribution in [3.63, 3.8) is 0 Å². The SMILES string of the molecule is CC(C)CC(CO)NCc1cccc(C2CC2)c1. The van der Waals surface area contributed by atoms with Gasteiger partial charge in [-0.25, -0.2) is 0 Å². The Hall–Kier alpha value is -0.860. The second-order valence-corrected chi connectivity index (χ2v) is 5.91. The summed E-state index contributed by atoms with van der Waals surface area (Å²) in [7, 11) is 0. The Balaban J connectivity index is 1.86. The lowest BCUT2D eigenvalue weighted by atomic mass is 10.0. The molecular formula is C16H25NO. The minimum absolute atomic E-state index is 0.217. The molecule has 2 N–H and O–H groups in total. The third-order valence-electron chi connectivity index (χ3n) is 3.57. The van der Waals surface area contributed by atoms with E-state index in [0.717, 1.165) is 18.9 Å². The van der Waals surface area contributed by atoms with Crippen LogP contribution in [0.4, 0.5) is 0 Å². The van der Waals surface area contributed by atoms with Gasteiger partial charge >= 0.3 is 0 Å². The minimum atomic E-state index is 0.217. The smallest absolute Gasteiger partial charge is 0.0584 e. The first kappa shape index (κ1) is 13.6. The molecule has 1 aromatic carbocycles. The molecular weight excluding hydrogens is 222 g/mol. The van der Waals surface area contributed by atoms with Crippen LogP contribution in [0.25, 0.3) is 0 Å². The van der Waals surface area contributed by atoms with E-state index in [-0.39, 0.29) is 12.6 Å². The van der Waals surface area contributed by atoms with Crippen LogP contribution in [0, 0.1) is 5.92 Å². The summed E-state index contributed by atoms with van der Waals surface area (Å²) in [6.45, 7) is 5.47. The van der Waals surface area contributed by atoms with Crippen molar-refractivity contribution in [2.75, 3.05) is 6.61 Å². The van der Waals surface area contributed by atoms with E-state index in [1.54, 1.807) is 0 Å². The molecule has 2 heteroatoms. The van der Waals surface area contributed by atoms with Gasteiger partial charge in [0, 0.05) is 12.6 Å². The number of aliphatic hydroxyl groups excluding tert-OH is 1. The Morgan fingerprint density at radius 3 is 2.72 bits per heavy atom. The van der Waals surface area contributed by atoms with Crippen molar-refractivity contribution in [1.29, 1.82) is 0 Å². The van der Waals surface area contributed by atoms with Crippen LogP contribution >= 0.6 is 0 Å². The van der Waals surface area contributed by atoms with Crippen molar-refractivity contribution in [2.24, 2.45) is 5.92 Å². The summed E-state index contributed by atoms with van der Waals surface area (Å²) in [6, 6.07) is 9.09. The number of hydrogen-bond donors (Lipinski definition) is 2. The highest BCUT2D eigenvalue weighted by atomic mass is 16.3. The summed E-state index contributed by atoms with van der Waals surface area (Å²) in [5, 5.41) is 12.8. The Labute approximate surface area is 110 Å². The van der Waals surface area contributed by atoms with Gasteiger partial charge in [-0.2, -0.15) is 0 Å². The van der Waals surface area contributed by atoms with Crippen molar-refractivity contribution >= 4 is 0 Å². The molecule has 0 saturated heterocycles. The molecule has 0 bridgehead atoms. The van der Waals surface area contributed by atoms with Gasteiger partial charge in [0.15, 0.2) is 0 Å². The molecule has 1 fully saturated rings. The van der Waals surface area contributed by atoms with E-state index >= 15 is 0 Å². The van der Waals surface area contributed by atoms with Crippen molar-refractivity contribution in [3.05, 3.63) is 35.4 Å². The van der Waals surface area contributed by atoms with Gasteiger partial charge in [-0.15, -0.1) is 0 Å². The molecule has 2 nitrogen and oxygen atoms in total. The van der Waals surface area contributed by atoms with Crippen LogP contribution in [-0.4, -0.2) is 17.8 Å². The maximum absolute atomic E-state index is 9.34. The Bertz CT molecular complexity index is 371. The van der Waals surface area contributed by atoms with Crippen LogP contribution in [0.15, 0.2) is 24.3 Å². The number of rotatable bonds is 7. The third kappa shape index (κ3) is 4.11. The fraction of sp³-hybridized carbons (Fsp3) is 0.625. The maximum Gasteiger partial charge on any atom is 0.0584 e. The lowest BCUT2D eigenvalue weighted by Crippen LogP contribution is -2.33. The highest BCUT2D eigenvalue weighted by Crippen LogP contribution is 2.40. The van der Waals surface area contributed by atoms with E-state index in [4.69, 9.17) is 0 Å². The van der Waals surface area contributed by atoms with Gasteiger partial charge in [-0.3, -0.25) is 0 Å². The summed E-state index contributed by atoms with van der Waals surface area (Å²) in [4.78, 5) is 0. The molecule has 18 heavy (non-hydrogen) atoms. The van der Waals surface area contributed by atoms with Crippen molar-refractivity contribution in [3.8, 4) is 0 Å². The monoisotopic (exact) mass is 247 g/mol. The van der Waals surface area contributed by atoms with E-state index in [0.29, 0.717) is 5.92 Å². The average Bonchev–Trinajstić information content (AvgIpc) is 3.18. The third-order valence-corrected chi connectivity index (χ3v) is 3.57. The van der Waals surface area contributed by atoms with Gasteiger partial charge < -0.3 is 10.4 Å².